The van der Waals surface area contributed by atoms with E-state index in [1.807, 2.05) is 0 Å². The number of esters is 4. The van der Waals surface area contributed by atoms with Crippen LogP contribution in [0.15, 0.2) is 0 Å². The van der Waals surface area contributed by atoms with Gasteiger partial charge in [-0.25, -0.2) is 9.13 Å². The molecule has 0 aliphatic rings. The van der Waals surface area contributed by atoms with E-state index in [4.69, 9.17) is 37.0 Å². The molecule has 0 aliphatic heterocycles. The van der Waals surface area contributed by atoms with Crippen LogP contribution in [0.2, 0.25) is 0 Å². The zero-order valence-electron chi connectivity index (χ0n) is 63.7. The summed E-state index contributed by atoms with van der Waals surface area (Å²) < 4.78 is 68.6. The third-order valence-corrected chi connectivity index (χ3v) is 20.3. The van der Waals surface area contributed by atoms with Crippen molar-refractivity contribution < 1.29 is 80.2 Å². The molecule has 0 amide bonds. The Labute approximate surface area is 594 Å². The topological polar surface area (TPSA) is 237 Å². The Bertz CT molecular complexity index is 1900. The Balaban J connectivity index is 5.22. The van der Waals surface area contributed by atoms with Gasteiger partial charge >= 0.3 is 39.5 Å². The molecular formula is C78H152O17P2. The summed E-state index contributed by atoms with van der Waals surface area (Å²) in [6, 6.07) is 0. The van der Waals surface area contributed by atoms with E-state index in [0.717, 1.165) is 120 Å². The van der Waals surface area contributed by atoms with Gasteiger partial charge in [0, 0.05) is 25.7 Å². The molecule has 0 rings (SSSR count). The predicted octanol–water partition coefficient (Wildman–Crippen LogP) is 22.8. The molecule has 0 spiro atoms. The number of phosphoric ester groups is 2. The number of carbonyl (C=O) groups excluding carboxylic acids is 4. The van der Waals surface area contributed by atoms with Crippen molar-refractivity contribution >= 4 is 39.5 Å². The Morgan fingerprint density at radius 2 is 0.495 bits per heavy atom. The van der Waals surface area contributed by atoms with Crippen molar-refractivity contribution in [2.24, 2.45) is 23.7 Å². The lowest BCUT2D eigenvalue weighted by molar-refractivity contribution is -0.161. The van der Waals surface area contributed by atoms with Gasteiger partial charge in [-0.15, -0.1) is 0 Å². The van der Waals surface area contributed by atoms with Gasteiger partial charge in [0.05, 0.1) is 26.4 Å². The molecule has 0 radical (unpaired) electrons. The largest absolute Gasteiger partial charge is 0.472 e. The summed E-state index contributed by atoms with van der Waals surface area (Å²) in [5, 5.41) is 10.6. The van der Waals surface area contributed by atoms with Crippen molar-refractivity contribution in [3.8, 4) is 0 Å². The van der Waals surface area contributed by atoms with Crippen molar-refractivity contribution in [2.75, 3.05) is 39.6 Å². The van der Waals surface area contributed by atoms with Crippen molar-refractivity contribution in [3.05, 3.63) is 0 Å². The predicted molar refractivity (Wildman–Crippen MR) is 395 cm³/mol. The number of unbranched alkanes of at least 4 members (excludes halogenated alkanes) is 40. The second kappa shape index (κ2) is 67.2. The fraction of sp³-hybridized carbons (Fsp3) is 0.949. The molecule has 97 heavy (non-hydrogen) atoms. The van der Waals surface area contributed by atoms with Gasteiger partial charge < -0.3 is 33.8 Å². The number of hydrogen-bond donors (Lipinski definition) is 3. The van der Waals surface area contributed by atoms with E-state index in [-0.39, 0.29) is 25.7 Å². The zero-order valence-corrected chi connectivity index (χ0v) is 65.5. The number of hydrogen-bond acceptors (Lipinski definition) is 15. The molecule has 0 aliphatic carbocycles. The SMILES string of the molecule is CCC(C)CCCCCCCCC(=O)OC[C@H](COP(=O)(O)OC[C@H](O)COP(=O)(O)OC[C@@H](COC(=O)CCCCCCCCCCCCC(C)C)OC(=O)CCCCCCCCCCCCCCCCCCCCC(C)C)OC(=O)CCCCCCCCCCCCC(C)C. The van der Waals surface area contributed by atoms with Crippen LogP contribution in [0, 0.1) is 23.7 Å². The third kappa shape index (κ3) is 70.9. The molecule has 0 aromatic rings. The second-order valence-corrected chi connectivity index (χ2v) is 32.7. The van der Waals surface area contributed by atoms with Gasteiger partial charge in [0.2, 0.25) is 0 Å². The first-order valence-corrected chi connectivity index (χ1v) is 43.2. The number of ether oxygens (including phenoxy) is 4. The van der Waals surface area contributed by atoms with Gasteiger partial charge in [-0.2, -0.15) is 0 Å². The summed E-state index contributed by atoms with van der Waals surface area (Å²) in [5.41, 5.74) is 0. The Kier molecular flexibility index (Phi) is 65.9. The molecule has 0 heterocycles. The minimum Gasteiger partial charge on any atom is -0.462 e. The third-order valence-electron chi connectivity index (χ3n) is 18.4. The highest BCUT2D eigenvalue weighted by molar-refractivity contribution is 7.47. The van der Waals surface area contributed by atoms with Crippen molar-refractivity contribution in [2.45, 2.75) is 414 Å². The summed E-state index contributed by atoms with van der Waals surface area (Å²) >= 11 is 0. The monoisotopic (exact) mass is 1420 g/mol. The van der Waals surface area contributed by atoms with Crippen LogP contribution in [0.1, 0.15) is 396 Å². The second-order valence-electron chi connectivity index (χ2n) is 29.8. The van der Waals surface area contributed by atoms with E-state index < -0.39 is 97.5 Å². The van der Waals surface area contributed by atoms with Gasteiger partial charge in [-0.05, 0) is 49.4 Å². The molecular weight excluding hydrogens is 1270 g/mol. The average Bonchev–Trinajstić information content (AvgIpc) is 1.03. The lowest BCUT2D eigenvalue weighted by Crippen LogP contribution is -2.30. The maximum atomic E-state index is 13.1. The van der Waals surface area contributed by atoms with E-state index in [1.165, 1.54) is 193 Å². The summed E-state index contributed by atoms with van der Waals surface area (Å²) in [4.78, 5) is 72.9. The smallest absolute Gasteiger partial charge is 0.462 e. The molecule has 0 fully saturated rings. The van der Waals surface area contributed by atoms with Gasteiger partial charge in [-0.1, -0.05) is 344 Å². The molecule has 17 nitrogen and oxygen atoms in total. The van der Waals surface area contributed by atoms with Crippen LogP contribution in [-0.4, -0.2) is 96.7 Å². The first-order chi connectivity index (χ1) is 46.6. The standard InChI is InChI=1S/C78H152O17P2/c1-9-71(8)57-49-41-36-37-43-51-59-76(81)89-65-74(95-78(83)61-53-45-35-29-23-21-26-32-40-48-56-70(6)7)67-93-97(86,87)91-63-72(79)62-90-96(84,85)92-66-73(64-88-75(80)58-50-42-33-27-22-20-25-31-39-47-55-69(4)5)94-77(82)60-52-44-34-28-19-17-15-13-11-10-12-14-16-18-24-30-38-46-54-68(2)3/h68-74,79H,9-67H2,1-8H3,(H,84,85)(H,86,87)/t71?,72-,73-,74-/m1/s1. The number of phosphoric acid groups is 2. The first-order valence-electron chi connectivity index (χ1n) is 40.2. The molecule has 576 valence electrons. The Hall–Kier alpha value is -1.94. The van der Waals surface area contributed by atoms with E-state index in [0.29, 0.717) is 25.7 Å². The van der Waals surface area contributed by atoms with Gasteiger partial charge in [0.1, 0.15) is 19.3 Å². The molecule has 19 heteroatoms. The highest BCUT2D eigenvalue weighted by atomic mass is 31.2. The fourth-order valence-electron chi connectivity index (χ4n) is 11.9. The van der Waals surface area contributed by atoms with Crippen LogP contribution in [0.25, 0.3) is 0 Å². The van der Waals surface area contributed by atoms with Crippen LogP contribution < -0.4 is 0 Å². The Morgan fingerprint density at radius 1 is 0.289 bits per heavy atom. The number of carbonyl (C=O) groups is 4. The van der Waals surface area contributed by atoms with Crippen molar-refractivity contribution in [1.82, 2.24) is 0 Å². The van der Waals surface area contributed by atoms with Crippen LogP contribution in [-0.2, 0) is 65.4 Å². The molecule has 3 unspecified atom stereocenters. The van der Waals surface area contributed by atoms with Gasteiger partial charge in [0.15, 0.2) is 12.2 Å². The highest BCUT2D eigenvalue weighted by Crippen LogP contribution is 2.45. The number of rotatable bonds is 75. The normalized spacial score (nSPS) is 14.4. The lowest BCUT2D eigenvalue weighted by atomic mass is 10.00. The van der Waals surface area contributed by atoms with Crippen LogP contribution in [0.3, 0.4) is 0 Å². The molecule has 6 atom stereocenters. The zero-order chi connectivity index (χ0) is 71.7. The lowest BCUT2D eigenvalue weighted by Gasteiger charge is -2.21. The quantitative estimate of drug-likeness (QED) is 0.0222. The van der Waals surface area contributed by atoms with Crippen LogP contribution in [0.4, 0.5) is 0 Å². The summed E-state index contributed by atoms with van der Waals surface area (Å²) in [5.74, 6) is 0.942. The van der Waals surface area contributed by atoms with Crippen LogP contribution >= 0.6 is 15.6 Å². The Morgan fingerprint density at radius 3 is 0.732 bits per heavy atom. The number of aliphatic hydroxyl groups is 1. The number of aliphatic hydroxyl groups excluding tert-OH is 1. The molecule has 0 aromatic heterocycles. The molecule has 0 aromatic carbocycles. The molecule has 0 saturated carbocycles. The maximum Gasteiger partial charge on any atom is 0.472 e. The molecule has 0 bridgehead atoms. The fourth-order valence-corrected chi connectivity index (χ4v) is 13.5. The minimum atomic E-state index is -4.96. The van der Waals surface area contributed by atoms with E-state index in [2.05, 4.69) is 55.4 Å². The average molecular weight is 1420 g/mol. The first kappa shape index (κ1) is 95.1. The van der Waals surface area contributed by atoms with E-state index in [1.54, 1.807) is 0 Å². The van der Waals surface area contributed by atoms with Gasteiger partial charge in [-0.3, -0.25) is 37.3 Å². The van der Waals surface area contributed by atoms with Crippen molar-refractivity contribution in [3.63, 3.8) is 0 Å². The molecule has 3 N–H and O–H groups in total. The summed E-state index contributed by atoms with van der Waals surface area (Å²) in [6.07, 6.45) is 52.8. The van der Waals surface area contributed by atoms with Gasteiger partial charge in [0.25, 0.3) is 0 Å². The molecule has 0 saturated heterocycles. The van der Waals surface area contributed by atoms with Crippen LogP contribution in [0.5, 0.6) is 0 Å². The summed E-state index contributed by atoms with van der Waals surface area (Å²) in [7, 11) is -9.92. The van der Waals surface area contributed by atoms with Crippen molar-refractivity contribution in [1.29, 1.82) is 0 Å². The maximum absolute atomic E-state index is 13.1. The van der Waals surface area contributed by atoms with E-state index in [9.17, 15) is 43.2 Å². The highest BCUT2D eigenvalue weighted by Gasteiger charge is 2.30. The minimum absolute atomic E-state index is 0.105. The van der Waals surface area contributed by atoms with E-state index >= 15 is 0 Å². The summed E-state index contributed by atoms with van der Waals surface area (Å²) in [6.45, 7) is 14.2.